The van der Waals surface area contributed by atoms with Crippen LogP contribution in [0, 0.1) is 0 Å². The van der Waals surface area contributed by atoms with Crippen LogP contribution >= 0.6 is 22.9 Å². The Balaban J connectivity index is 2.08. The molecule has 0 spiro atoms. The molecule has 0 atom stereocenters. The molecular formula is C14H15ClN2O2S. The Kier molecular flexibility index (Phi) is 4.87. The molecule has 0 saturated heterocycles. The van der Waals surface area contributed by atoms with Crippen LogP contribution in [-0.4, -0.2) is 12.6 Å². The van der Waals surface area contributed by atoms with Gasteiger partial charge in [0.05, 0.1) is 16.5 Å². The maximum Gasteiger partial charge on any atom is 0.340 e. The second kappa shape index (κ2) is 6.63. The molecule has 6 heteroatoms. The molecule has 3 N–H and O–H groups in total. The van der Waals surface area contributed by atoms with E-state index in [-0.39, 0.29) is 0 Å². The highest BCUT2D eigenvalue weighted by molar-refractivity contribution is 7.16. The van der Waals surface area contributed by atoms with Crippen LogP contribution in [0.4, 0.5) is 11.4 Å². The molecule has 2 aromatic rings. The first-order valence-electron chi connectivity index (χ1n) is 6.15. The predicted molar refractivity (Wildman–Crippen MR) is 83.5 cm³/mol. The number of esters is 1. The zero-order chi connectivity index (χ0) is 14.5. The molecule has 0 amide bonds. The van der Waals surface area contributed by atoms with Gasteiger partial charge in [-0.15, -0.1) is 11.3 Å². The van der Waals surface area contributed by atoms with E-state index in [9.17, 15) is 4.79 Å². The van der Waals surface area contributed by atoms with Gasteiger partial charge in [-0.2, -0.15) is 0 Å². The third-order valence-electron chi connectivity index (χ3n) is 2.64. The fraction of sp³-hybridized carbons (Fsp3) is 0.214. The van der Waals surface area contributed by atoms with E-state index in [1.807, 2.05) is 18.2 Å². The first kappa shape index (κ1) is 14.7. The van der Waals surface area contributed by atoms with Gasteiger partial charge in [-0.25, -0.2) is 4.79 Å². The predicted octanol–water partition coefficient (Wildman–Crippen LogP) is 3.77. The minimum atomic E-state index is -0.409. The van der Waals surface area contributed by atoms with Crippen molar-refractivity contribution in [2.24, 2.45) is 0 Å². The number of rotatable bonds is 5. The average molecular weight is 311 g/mol. The summed E-state index contributed by atoms with van der Waals surface area (Å²) in [5, 5.41) is 3.23. The van der Waals surface area contributed by atoms with E-state index >= 15 is 0 Å². The molecule has 1 aromatic heterocycles. The normalized spacial score (nSPS) is 10.3. The van der Waals surface area contributed by atoms with Crippen molar-refractivity contribution in [1.82, 2.24) is 0 Å². The molecule has 0 radical (unpaired) electrons. The Morgan fingerprint density at radius 3 is 2.85 bits per heavy atom. The summed E-state index contributed by atoms with van der Waals surface area (Å²) in [5.41, 5.74) is 7.39. The fourth-order valence-corrected chi connectivity index (χ4v) is 2.72. The number of nitrogens with two attached hydrogens (primary N) is 1. The molecule has 0 saturated carbocycles. The van der Waals surface area contributed by atoms with Crippen LogP contribution in [0.3, 0.4) is 0 Å². The van der Waals surface area contributed by atoms with E-state index in [1.165, 1.54) is 11.3 Å². The highest BCUT2D eigenvalue weighted by atomic mass is 35.5. The lowest BCUT2D eigenvalue weighted by atomic mass is 10.1. The highest BCUT2D eigenvalue weighted by Crippen LogP contribution is 2.23. The Labute approximate surface area is 126 Å². The Bertz CT molecular complexity index is 613. The minimum absolute atomic E-state index is 0.323. The number of nitrogens with one attached hydrogen (secondary N) is 1. The van der Waals surface area contributed by atoms with Crippen molar-refractivity contribution in [3.63, 3.8) is 0 Å². The third-order valence-corrected chi connectivity index (χ3v) is 3.88. The number of thiophene rings is 1. The molecule has 0 bridgehead atoms. The minimum Gasteiger partial charge on any atom is -0.462 e. The standard InChI is InChI=1S/C14H15ClN2O2S/c1-2-19-14(18)11-7-9(3-5-12(11)16)17-8-10-4-6-13(15)20-10/h3-7,17H,2,8,16H2,1H3. The summed E-state index contributed by atoms with van der Waals surface area (Å²) in [6, 6.07) is 9.03. The molecule has 0 fully saturated rings. The van der Waals surface area contributed by atoms with Crippen LogP contribution in [0.2, 0.25) is 4.34 Å². The summed E-state index contributed by atoms with van der Waals surface area (Å²) in [7, 11) is 0. The molecule has 0 aliphatic heterocycles. The van der Waals surface area contributed by atoms with E-state index < -0.39 is 5.97 Å². The summed E-state index contributed by atoms with van der Waals surface area (Å²) in [6.07, 6.45) is 0. The third kappa shape index (κ3) is 3.65. The van der Waals surface area contributed by atoms with Crippen molar-refractivity contribution in [2.45, 2.75) is 13.5 Å². The monoisotopic (exact) mass is 310 g/mol. The molecule has 0 unspecified atom stereocenters. The number of hydrogen-bond donors (Lipinski definition) is 2. The second-order valence-corrected chi connectivity index (χ2v) is 5.88. The van der Waals surface area contributed by atoms with Crippen molar-refractivity contribution in [3.8, 4) is 0 Å². The largest absolute Gasteiger partial charge is 0.462 e. The lowest BCUT2D eigenvalue weighted by Crippen LogP contribution is -2.09. The number of nitrogen functional groups attached to an aromatic ring is 1. The van der Waals surface area contributed by atoms with E-state index in [0.29, 0.717) is 24.4 Å². The van der Waals surface area contributed by atoms with Gasteiger partial charge in [-0.1, -0.05) is 11.6 Å². The molecule has 1 heterocycles. The summed E-state index contributed by atoms with van der Waals surface area (Å²) in [5.74, 6) is -0.409. The number of carbonyl (C=O) groups is 1. The van der Waals surface area contributed by atoms with Gasteiger partial charge in [-0.05, 0) is 37.3 Å². The van der Waals surface area contributed by atoms with Crippen molar-refractivity contribution >= 4 is 40.3 Å². The molecule has 2 rings (SSSR count). The van der Waals surface area contributed by atoms with Gasteiger partial charge in [0.2, 0.25) is 0 Å². The molecular weight excluding hydrogens is 296 g/mol. The van der Waals surface area contributed by atoms with Crippen LogP contribution < -0.4 is 11.1 Å². The van der Waals surface area contributed by atoms with Gasteiger partial charge in [0.1, 0.15) is 0 Å². The topological polar surface area (TPSA) is 64.3 Å². The summed E-state index contributed by atoms with van der Waals surface area (Å²) >= 11 is 7.39. The van der Waals surface area contributed by atoms with Gasteiger partial charge in [0.25, 0.3) is 0 Å². The average Bonchev–Trinajstić information content (AvgIpc) is 2.84. The first-order valence-corrected chi connectivity index (χ1v) is 7.34. The summed E-state index contributed by atoms with van der Waals surface area (Å²) in [4.78, 5) is 12.9. The first-order chi connectivity index (χ1) is 9.60. The second-order valence-electron chi connectivity index (χ2n) is 4.08. The Morgan fingerprint density at radius 2 is 2.20 bits per heavy atom. The van der Waals surface area contributed by atoms with Gasteiger partial charge < -0.3 is 15.8 Å². The SMILES string of the molecule is CCOC(=O)c1cc(NCc2ccc(Cl)s2)ccc1N. The fourth-order valence-electron chi connectivity index (χ4n) is 1.69. The summed E-state index contributed by atoms with van der Waals surface area (Å²) in [6.45, 7) is 2.73. The molecule has 106 valence electrons. The van der Waals surface area contributed by atoms with Crippen LogP contribution in [0.15, 0.2) is 30.3 Å². The molecule has 0 aliphatic rings. The van der Waals surface area contributed by atoms with Gasteiger partial charge in [0, 0.05) is 22.8 Å². The highest BCUT2D eigenvalue weighted by Gasteiger charge is 2.11. The van der Waals surface area contributed by atoms with E-state index in [4.69, 9.17) is 22.1 Å². The van der Waals surface area contributed by atoms with Crippen LogP contribution in [-0.2, 0) is 11.3 Å². The van der Waals surface area contributed by atoms with E-state index in [2.05, 4.69) is 5.32 Å². The van der Waals surface area contributed by atoms with Gasteiger partial charge in [0.15, 0.2) is 0 Å². The summed E-state index contributed by atoms with van der Waals surface area (Å²) < 4.78 is 5.72. The van der Waals surface area contributed by atoms with Crippen LogP contribution in [0.1, 0.15) is 22.2 Å². The molecule has 1 aromatic carbocycles. The van der Waals surface area contributed by atoms with Crippen molar-refractivity contribution < 1.29 is 9.53 Å². The lowest BCUT2D eigenvalue weighted by molar-refractivity contribution is 0.0527. The number of hydrogen-bond acceptors (Lipinski definition) is 5. The number of carbonyl (C=O) groups excluding carboxylic acids is 1. The molecule has 4 nitrogen and oxygen atoms in total. The number of ether oxygens (including phenoxy) is 1. The van der Waals surface area contributed by atoms with Crippen molar-refractivity contribution in [2.75, 3.05) is 17.7 Å². The maximum atomic E-state index is 11.7. The van der Waals surface area contributed by atoms with E-state index in [0.717, 1.165) is 14.9 Å². The number of anilines is 2. The number of halogens is 1. The quantitative estimate of drug-likeness (QED) is 0.651. The maximum absolute atomic E-state index is 11.7. The van der Waals surface area contributed by atoms with Crippen LogP contribution in [0.25, 0.3) is 0 Å². The van der Waals surface area contributed by atoms with Crippen molar-refractivity contribution in [3.05, 3.63) is 45.1 Å². The van der Waals surface area contributed by atoms with Gasteiger partial charge in [-0.3, -0.25) is 0 Å². The Hall–Kier alpha value is -1.72. The van der Waals surface area contributed by atoms with Gasteiger partial charge >= 0.3 is 5.97 Å². The van der Waals surface area contributed by atoms with E-state index in [1.54, 1.807) is 19.1 Å². The van der Waals surface area contributed by atoms with Crippen LogP contribution in [0.5, 0.6) is 0 Å². The molecule has 0 aliphatic carbocycles. The zero-order valence-electron chi connectivity index (χ0n) is 11.0. The number of benzene rings is 1. The smallest absolute Gasteiger partial charge is 0.340 e. The molecule has 20 heavy (non-hydrogen) atoms. The zero-order valence-corrected chi connectivity index (χ0v) is 12.6. The van der Waals surface area contributed by atoms with Crippen molar-refractivity contribution in [1.29, 1.82) is 0 Å². The Morgan fingerprint density at radius 1 is 1.40 bits per heavy atom. The lowest BCUT2D eigenvalue weighted by Gasteiger charge is -2.09.